The molecule has 0 saturated heterocycles. The summed E-state index contributed by atoms with van der Waals surface area (Å²) >= 11 is 11.8. The lowest BCUT2D eigenvalue weighted by Crippen LogP contribution is -1.95. The molecule has 88 valence electrons. The van der Waals surface area contributed by atoms with E-state index in [1.165, 1.54) is 11.3 Å². The van der Waals surface area contributed by atoms with Crippen LogP contribution in [0, 0.1) is 3.95 Å². The maximum absolute atomic E-state index is 5.31. The van der Waals surface area contributed by atoms with Crippen molar-refractivity contribution in [3.8, 4) is 5.69 Å². The molecule has 0 spiro atoms. The molecule has 2 aromatic rings. The van der Waals surface area contributed by atoms with Crippen molar-refractivity contribution in [3.05, 3.63) is 45.3 Å². The maximum Gasteiger partial charge on any atom is 0.184 e. The van der Waals surface area contributed by atoms with E-state index in [1.807, 2.05) is 30.3 Å². The molecule has 0 N–H and O–H groups in total. The number of halogens is 1. The van der Waals surface area contributed by atoms with Gasteiger partial charge in [0.2, 0.25) is 0 Å². The van der Waals surface area contributed by atoms with Gasteiger partial charge in [0.1, 0.15) is 0 Å². The monoisotopic (exact) mass is 344 g/mol. The van der Waals surface area contributed by atoms with Crippen LogP contribution in [0.5, 0.6) is 0 Å². The molecule has 0 radical (unpaired) electrons. The van der Waals surface area contributed by atoms with E-state index >= 15 is 0 Å². The van der Waals surface area contributed by atoms with Gasteiger partial charge in [0, 0.05) is 5.75 Å². The molecular formula is C11H9BrN2S3. The Bertz CT molecular complexity index is 574. The summed E-state index contributed by atoms with van der Waals surface area (Å²) in [5.74, 6) is 0.803. The van der Waals surface area contributed by atoms with E-state index in [0.717, 1.165) is 24.2 Å². The van der Waals surface area contributed by atoms with Crippen LogP contribution < -0.4 is 0 Å². The molecule has 1 aromatic heterocycles. The third-order valence-corrected chi connectivity index (χ3v) is 4.99. The van der Waals surface area contributed by atoms with Crippen LogP contribution in [0.15, 0.2) is 45.7 Å². The molecule has 6 heteroatoms. The molecule has 0 fully saturated rings. The zero-order valence-electron chi connectivity index (χ0n) is 8.80. The van der Waals surface area contributed by atoms with E-state index in [0.29, 0.717) is 0 Å². The lowest BCUT2D eigenvalue weighted by Gasteiger charge is -1.98. The first-order valence-electron chi connectivity index (χ1n) is 4.78. The zero-order chi connectivity index (χ0) is 12.3. The van der Waals surface area contributed by atoms with Crippen LogP contribution in [-0.2, 0) is 0 Å². The quantitative estimate of drug-likeness (QED) is 0.593. The normalized spacial score (nSPS) is 10.4. The molecule has 2 nitrogen and oxygen atoms in total. The van der Waals surface area contributed by atoms with E-state index in [1.54, 1.807) is 16.4 Å². The lowest BCUT2D eigenvalue weighted by atomic mass is 10.3. The molecule has 0 unspecified atom stereocenters. The minimum Gasteiger partial charge on any atom is -0.211 e. The Balaban J connectivity index is 2.26. The van der Waals surface area contributed by atoms with Crippen molar-refractivity contribution >= 4 is 51.2 Å². The summed E-state index contributed by atoms with van der Waals surface area (Å²) in [6.45, 7) is 3.80. The van der Waals surface area contributed by atoms with Gasteiger partial charge in [0.05, 0.1) is 5.69 Å². The van der Waals surface area contributed by atoms with Crippen molar-refractivity contribution in [2.24, 2.45) is 0 Å². The predicted octanol–water partition coefficient (Wildman–Crippen LogP) is 4.66. The van der Waals surface area contributed by atoms with Crippen molar-refractivity contribution < 1.29 is 0 Å². The molecule has 0 atom stereocenters. The molecular weight excluding hydrogens is 336 g/mol. The summed E-state index contributed by atoms with van der Waals surface area (Å²) in [5, 5.41) is 4.48. The van der Waals surface area contributed by atoms with E-state index in [-0.39, 0.29) is 0 Å². The van der Waals surface area contributed by atoms with Crippen LogP contribution in [0.1, 0.15) is 0 Å². The smallest absolute Gasteiger partial charge is 0.184 e. The third kappa shape index (κ3) is 3.51. The number of hydrogen-bond acceptors (Lipinski definition) is 4. The number of thioether (sulfide) groups is 1. The SMILES string of the molecule is C=C(Br)CSc1nn(-c2ccccc2)c(=S)s1. The summed E-state index contributed by atoms with van der Waals surface area (Å²) in [5.41, 5.74) is 0.998. The second-order valence-corrected chi connectivity index (χ2v) is 7.15. The van der Waals surface area contributed by atoms with Gasteiger partial charge >= 0.3 is 0 Å². The maximum atomic E-state index is 5.31. The lowest BCUT2D eigenvalue weighted by molar-refractivity contribution is 0.829. The van der Waals surface area contributed by atoms with Crippen LogP contribution in [-0.4, -0.2) is 15.5 Å². The molecule has 0 aliphatic carbocycles. The number of hydrogen-bond donors (Lipinski definition) is 0. The van der Waals surface area contributed by atoms with Gasteiger partial charge in [-0.05, 0) is 28.8 Å². The molecule has 1 aromatic carbocycles. The van der Waals surface area contributed by atoms with Crippen LogP contribution in [0.25, 0.3) is 5.69 Å². The molecule has 0 amide bonds. The first-order valence-corrected chi connectivity index (χ1v) is 7.79. The van der Waals surface area contributed by atoms with Gasteiger partial charge in [-0.1, -0.05) is 63.8 Å². The Hall–Kier alpha value is -0.430. The van der Waals surface area contributed by atoms with Crippen LogP contribution >= 0.6 is 51.2 Å². The van der Waals surface area contributed by atoms with Gasteiger partial charge in [-0.2, -0.15) is 0 Å². The highest BCUT2D eigenvalue weighted by Crippen LogP contribution is 2.26. The Morgan fingerprint density at radius 1 is 1.47 bits per heavy atom. The first kappa shape index (κ1) is 13.0. The number of aromatic nitrogens is 2. The number of benzene rings is 1. The van der Waals surface area contributed by atoms with Crippen LogP contribution in [0.2, 0.25) is 0 Å². The van der Waals surface area contributed by atoms with Gasteiger partial charge in [-0.25, -0.2) is 4.68 Å². The Kier molecular flexibility index (Phi) is 4.55. The van der Waals surface area contributed by atoms with E-state index in [4.69, 9.17) is 12.2 Å². The predicted molar refractivity (Wildman–Crippen MR) is 81.1 cm³/mol. The third-order valence-electron chi connectivity index (χ3n) is 1.88. The zero-order valence-corrected chi connectivity index (χ0v) is 12.8. The van der Waals surface area contributed by atoms with Crippen molar-refractivity contribution in [1.82, 2.24) is 9.78 Å². The van der Waals surface area contributed by atoms with Gasteiger partial charge in [0.25, 0.3) is 0 Å². The molecule has 1 heterocycles. The summed E-state index contributed by atoms with van der Waals surface area (Å²) in [7, 11) is 0. The largest absolute Gasteiger partial charge is 0.211 e. The van der Waals surface area contributed by atoms with Gasteiger partial charge < -0.3 is 0 Å². The highest BCUT2D eigenvalue weighted by atomic mass is 79.9. The minimum absolute atomic E-state index is 0.763. The van der Waals surface area contributed by atoms with E-state index < -0.39 is 0 Å². The van der Waals surface area contributed by atoms with Crippen molar-refractivity contribution in [2.75, 3.05) is 5.75 Å². The first-order chi connectivity index (χ1) is 8.16. The highest BCUT2D eigenvalue weighted by Gasteiger charge is 2.05. The highest BCUT2D eigenvalue weighted by molar-refractivity contribution is 9.11. The molecule has 2 rings (SSSR count). The Morgan fingerprint density at radius 3 is 2.82 bits per heavy atom. The second-order valence-electron chi connectivity index (χ2n) is 3.19. The average Bonchev–Trinajstić information content (AvgIpc) is 2.69. The minimum atomic E-state index is 0.763. The fourth-order valence-corrected chi connectivity index (χ4v) is 3.65. The topological polar surface area (TPSA) is 17.8 Å². The van der Waals surface area contributed by atoms with Crippen LogP contribution in [0.4, 0.5) is 0 Å². The van der Waals surface area contributed by atoms with Crippen molar-refractivity contribution in [1.29, 1.82) is 0 Å². The molecule has 17 heavy (non-hydrogen) atoms. The molecule has 0 aliphatic heterocycles. The fourth-order valence-electron chi connectivity index (χ4n) is 1.19. The standard InChI is InChI=1S/C11H9BrN2S3/c1-8(12)7-16-10-13-14(11(15)17-10)9-5-3-2-4-6-9/h2-6H,1,7H2. The molecule has 0 bridgehead atoms. The van der Waals surface area contributed by atoms with E-state index in [9.17, 15) is 0 Å². The summed E-state index contributed by atoms with van der Waals surface area (Å²) in [6, 6.07) is 9.91. The van der Waals surface area contributed by atoms with Crippen molar-refractivity contribution in [3.63, 3.8) is 0 Å². The fraction of sp³-hybridized carbons (Fsp3) is 0.0909. The molecule has 0 aliphatic rings. The second kappa shape index (κ2) is 5.95. The number of rotatable bonds is 4. The number of para-hydroxylation sites is 1. The van der Waals surface area contributed by atoms with E-state index in [2.05, 4.69) is 27.6 Å². The summed E-state index contributed by atoms with van der Waals surface area (Å²) < 4.78 is 4.47. The number of nitrogens with zero attached hydrogens (tertiary/aromatic N) is 2. The van der Waals surface area contributed by atoms with Gasteiger partial charge in [-0.15, -0.1) is 5.10 Å². The average molecular weight is 345 g/mol. The van der Waals surface area contributed by atoms with Gasteiger partial charge in [-0.3, -0.25) is 0 Å². The van der Waals surface area contributed by atoms with Crippen molar-refractivity contribution in [2.45, 2.75) is 4.34 Å². The van der Waals surface area contributed by atoms with Gasteiger partial charge in [0.15, 0.2) is 8.29 Å². The summed E-state index contributed by atoms with van der Waals surface area (Å²) in [4.78, 5) is 0. The van der Waals surface area contributed by atoms with Crippen LogP contribution in [0.3, 0.4) is 0 Å². The summed E-state index contributed by atoms with van der Waals surface area (Å²) in [6.07, 6.45) is 0. The Labute approximate surface area is 122 Å². The molecule has 0 saturated carbocycles. The Morgan fingerprint density at radius 2 is 2.18 bits per heavy atom.